The Labute approximate surface area is 158 Å². The maximum atomic E-state index is 13.4. The van der Waals surface area contributed by atoms with E-state index in [4.69, 9.17) is 26.5 Å². The summed E-state index contributed by atoms with van der Waals surface area (Å²) in [6.45, 7) is 0. The van der Waals surface area contributed by atoms with Crippen LogP contribution in [0.3, 0.4) is 0 Å². The SMILES string of the molecule is COc1cc(-c2nccc3c(Nc4ccc(F)c(Cl)c4)c(N)oc23)ccn1. The number of benzene rings is 1. The number of ether oxygens (including phenoxy) is 1. The zero-order valence-electron chi connectivity index (χ0n) is 14.2. The van der Waals surface area contributed by atoms with Crippen LogP contribution in [-0.2, 0) is 0 Å². The van der Waals surface area contributed by atoms with Crippen molar-refractivity contribution in [3.05, 3.63) is 59.6 Å². The number of nitrogen functional groups attached to an aromatic ring is 1. The van der Waals surface area contributed by atoms with Crippen LogP contribution in [0.15, 0.2) is 53.2 Å². The first-order chi connectivity index (χ1) is 13.1. The molecule has 0 unspecified atom stereocenters. The number of anilines is 3. The van der Waals surface area contributed by atoms with Crippen molar-refractivity contribution in [1.29, 1.82) is 0 Å². The Kier molecular flexibility index (Phi) is 4.29. The van der Waals surface area contributed by atoms with E-state index in [-0.39, 0.29) is 10.9 Å². The molecule has 0 atom stereocenters. The molecule has 4 aromatic rings. The number of nitrogens with two attached hydrogens (primary N) is 1. The number of pyridine rings is 2. The van der Waals surface area contributed by atoms with Crippen molar-refractivity contribution in [3.63, 3.8) is 0 Å². The third kappa shape index (κ3) is 3.13. The van der Waals surface area contributed by atoms with Gasteiger partial charge in [-0.3, -0.25) is 4.98 Å². The summed E-state index contributed by atoms with van der Waals surface area (Å²) in [6, 6.07) is 9.66. The fourth-order valence-electron chi connectivity index (χ4n) is 2.76. The number of methoxy groups -OCH3 is 1. The second-order valence-electron chi connectivity index (χ2n) is 5.72. The van der Waals surface area contributed by atoms with Crippen LogP contribution in [0.2, 0.25) is 5.02 Å². The number of furan rings is 1. The van der Waals surface area contributed by atoms with Crippen LogP contribution in [0, 0.1) is 5.82 Å². The minimum Gasteiger partial charge on any atom is -0.481 e. The summed E-state index contributed by atoms with van der Waals surface area (Å²) < 4.78 is 24.3. The lowest BCUT2D eigenvalue weighted by atomic mass is 10.1. The fourth-order valence-corrected chi connectivity index (χ4v) is 2.94. The van der Waals surface area contributed by atoms with Gasteiger partial charge in [0.2, 0.25) is 11.8 Å². The second kappa shape index (κ2) is 6.77. The summed E-state index contributed by atoms with van der Waals surface area (Å²) in [5.41, 5.74) is 9.10. The molecule has 0 saturated heterocycles. The van der Waals surface area contributed by atoms with Crippen LogP contribution in [0.1, 0.15) is 0 Å². The highest BCUT2D eigenvalue weighted by molar-refractivity contribution is 6.31. The molecule has 0 amide bonds. The predicted molar refractivity (Wildman–Crippen MR) is 103 cm³/mol. The molecule has 0 aliphatic rings. The molecular weight excluding hydrogens is 371 g/mol. The van der Waals surface area contributed by atoms with Crippen molar-refractivity contribution in [2.75, 3.05) is 18.2 Å². The molecule has 27 heavy (non-hydrogen) atoms. The van der Waals surface area contributed by atoms with Crippen LogP contribution in [0.4, 0.5) is 21.6 Å². The summed E-state index contributed by atoms with van der Waals surface area (Å²) in [5.74, 6) is 0.149. The third-order valence-corrected chi connectivity index (χ3v) is 4.33. The van der Waals surface area contributed by atoms with Gasteiger partial charge >= 0.3 is 0 Å². The van der Waals surface area contributed by atoms with Crippen LogP contribution >= 0.6 is 11.6 Å². The first-order valence-corrected chi connectivity index (χ1v) is 8.34. The number of halogens is 2. The smallest absolute Gasteiger partial charge is 0.215 e. The standard InChI is InChI=1S/C19H14ClFN4O2/c1-26-15-8-10(4-6-23-15)16-18-12(5-7-24-16)17(19(22)27-18)25-11-2-3-14(21)13(20)9-11/h2-9,25H,22H2,1H3. The zero-order valence-corrected chi connectivity index (χ0v) is 14.9. The number of hydrogen-bond donors (Lipinski definition) is 2. The van der Waals surface area contributed by atoms with Gasteiger partial charge in [0.05, 0.1) is 17.5 Å². The maximum absolute atomic E-state index is 13.4. The van der Waals surface area contributed by atoms with E-state index >= 15 is 0 Å². The Balaban J connectivity index is 1.81. The monoisotopic (exact) mass is 384 g/mol. The van der Waals surface area contributed by atoms with Crippen LogP contribution in [-0.4, -0.2) is 17.1 Å². The Morgan fingerprint density at radius 3 is 2.74 bits per heavy atom. The van der Waals surface area contributed by atoms with E-state index in [1.165, 1.54) is 12.1 Å². The first kappa shape index (κ1) is 17.1. The van der Waals surface area contributed by atoms with Gasteiger partial charge in [0, 0.05) is 29.7 Å². The normalized spacial score (nSPS) is 10.9. The minimum absolute atomic E-state index is 0.0117. The highest BCUT2D eigenvalue weighted by Gasteiger charge is 2.18. The molecular formula is C19H14ClFN4O2. The van der Waals surface area contributed by atoms with Gasteiger partial charge in [-0.05, 0) is 30.3 Å². The van der Waals surface area contributed by atoms with E-state index in [0.717, 1.165) is 10.9 Å². The molecule has 3 aromatic heterocycles. The largest absolute Gasteiger partial charge is 0.481 e. The highest BCUT2D eigenvalue weighted by Crippen LogP contribution is 2.39. The second-order valence-corrected chi connectivity index (χ2v) is 6.13. The molecule has 8 heteroatoms. The summed E-state index contributed by atoms with van der Waals surface area (Å²) in [7, 11) is 1.54. The van der Waals surface area contributed by atoms with Gasteiger partial charge in [0.15, 0.2) is 5.58 Å². The van der Waals surface area contributed by atoms with Gasteiger partial charge in [0.25, 0.3) is 0 Å². The van der Waals surface area contributed by atoms with Gasteiger partial charge in [-0.2, -0.15) is 0 Å². The van der Waals surface area contributed by atoms with Crippen molar-refractivity contribution in [3.8, 4) is 17.1 Å². The summed E-state index contributed by atoms with van der Waals surface area (Å²) >= 11 is 5.85. The molecule has 6 nitrogen and oxygen atoms in total. The molecule has 136 valence electrons. The number of nitrogens with one attached hydrogen (secondary N) is 1. The number of aromatic nitrogens is 2. The molecule has 0 radical (unpaired) electrons. The number of nitrogens with zero attached hydrogens (tertiary/aromatic N) is 2. The van der Waals surface area contributed by atoms with Crippen molar-refractivity contribution in [2.24, 2.45) is 0 Å². The van der Waals surface area contributed by atoms with E-state index in [9.17, 15) is 4.39 Å². The lowest BCUT2D eigenvalue weighted by Crippen LogP contribution is -1.94. The summed E-state index contributed by atoms with van der Waals surface area (Å²) in [4.78, 5) is 8.51. The van der Waals surface area contributed by atoms with E-state index in [0.29, 0.717) is 28.5 Å². The van der Waals surface area contributed by atoms with E-state index in [1.807, 2.05) is 0 Å². The lowest BCUT2D eigenvalue weighted by molar-refractivity contribution is 0.398. The van der Waals surface area contributed by atoms with Crippen molar-refractivity contribution >= 4 is 39.8 Å². The van der Waals surface area contributed by atoms with Gasteiger partial charge in [-0.25, -0.2) is 9.37 Å². The predicted octanol–water partition coefficient (Wildman–Crippen LogP) is 5.02. The van der Waals surface area contributed by atoms with Gasteiger partial charge in [0.1, 0.15) is 17.2 Å². The molecule has 0 aliphatic heterocycles. The van der Waals surface area contributed by atoms with Crippen molar-refractivity contribution in [2.45, 2.75) is 0 Å². The minimum atomic E-state index is -0.495. The van der Waals surface area contributed by atoms with Crippen LogP contribution in [0.5, 0.6) is 5.88 Å². The topological polar surface area (TPSA) is 86.2 Å². The highest BCUT2D eigenvalue weighted by atomic mass is 35.5. The van der Waals surface area contributed by atoms with Crippen molar-refractivity contribution < 1.29 is 13.5 Å². The van der Waals surface area contributed by atoms with Crippen molar-refractivity contribution in [1.82, 2.24) is 9.97 Å². The lowest BCUT2D eigenvalue weighted by Gasteiger charge is -2.07. The summed E-state index contributed by atoms with van der Waals surface area (Å²) in [5, 5.41) is 3.87. The molecule has 0 bridgehead atoms. The first-order valence-electron chi connectivity index (χ1n) is 7.96. The van der Waals surface area contributed by atoms with Gasteiger partial charge in [-0.1, -0.05) is 11.6 Å². The molecule has 0 saturated carbocycles. The molecule has 1 aromatic carbocycles. The fraction of sp³-hybridized carbons (Fsp3) is 0.0526. The summed E-state index contributed by atoms with van der Waals surface area (Å²) in [6.07, 6.45) is 3.28. The van der Waals surface area contributed by atoms with E-state index in [1.54, 1.807) is 43.8 Å². The average Bonchev–Trinajstić information content (AvgIpc) is 3.00. The van der Waals surface area contributed by atoms with Gasteiger partial charge in [-0.15, -0.1) is 0 Å². The van der Waals surface area contributed by atoms with E-state index < -0.39 is 5.82 Å². The molecule has 4 rings (SSSR count). The van der Waals surface area contributed by atoms with Crippen LogP contribution in [0.25, 0.3) is 22.2 Å². The molecule has 3 N–H and O–H groups in total. The number of fused-ring (bicyclic) bond motifs is 1. The molecule has 0 spiro atoms. The molecule has 0 aliphatic carbocycles. The molecule has 3 heterocycles. The Bertz CT molecular complexity index is 1150. The van der Waals surface area contributed by atoms with Crippen LogP contribution < -0.4 is 15.8 Å². The Morgan fingerprint density at radius 1 is 1.15 bits per heavy atom. The Morgan fingerprint density at radius 2 is 1.96 bits per heavy atom. The quantitative estimate of drug-likeness (QED) is 0.514. The average molecular weight is 385 g/mol. The Hall–Kier alpha value is -3.32. The van der Waals surface area contributed by atoms with Gasteiger partial charge < -0.3 is 20.2 Å². The number of hydrogen-bond acceptors (Lipinski definition) is 6. The van der Waals surface area contributed by atoms with E-state index in [2.05, 4.69) is 15.3 Å². The molecule has 0 fully saturated rings. The maximum Gasteiger partial charge on any atom is 0.215 e. The number of rotatable bonds is 4. The third-order valence-electron chi connectivity index (χ3n) is 4.04. The zero-order chi connectivity index (χ0) is 19.0.